The summed E-state index contributed by atoms with van der Waals surface area (Å²) in [6.45, 7) is 3.21. The molecule has 0 fully saturated rings. The van der Waals surface area contributed by atoms with Gasteiger partial charge in [0.1, 0.15) is 6.61 Å². The number of ether oxygens (including phenoxy) is 2. The molecule has 0 amide bonds. The Morgan fingerprint density at radius 1 is 0.895 bits per heavy atom. The van der Waals surface area contributed by atoms with Crippen molar-refractivity contribution in [2.75, 3.05) is 12.3 Å². The van der Waals surface area contributed by atoms with Crippen LogP contribution < -0.4 is 15.2 Å². The molecule has 2 N–H and O–H groups in total. The van der Waals surface area contributed by atoms with Crippen molar-refractivity contribution in [1.82, 2.24) is 0 Å². The lowest BCUT2D eigenvalue weighted by molar-refractivity contribution is 0.262. The van der Waals surface area contributed by atoms with E-state index in [9.17, 15) is 0 Å². The molecular weight excluding hydrogens is 238 g/mol. The number of nitrogens with two attached hydrogens (primary N) is 1. The summed E-state index contributed by atoms with van der Waals surface area (Å²) in [7, 11) is 0. The van der Waals surface area contributed by atoms with Crippen molar-refractivity contribution < 1.29 is 9.47 Å². The topological polar surface area (TPSA) is 44.5 Å². The van der Waals surface area contributed by atoms with E-state index in [1.807, 2.05) is 48.5 Å². The maximum absolute atomic E-state index is 5.89. The third-order valence-corrected chi connectivity index (χ3v) is 2.75. The van der Waals surface area contributed by atoms with E-state index in [0.717, 1.165) is 29.2 Å². The molecule has 2 aromatic carbocycles. The molecule has 0 aliphatic carbocycles. The SMILES string of the molecule is CCCOc1ccccc1OCc1ccccc1N. The second-order valence-electron chi connectivity index (χ2n) is 4.28. The number of nitrogen functional groups attached to an aromatic ring is 1. The van der Waals surface area contributed by atoms with Crippen LogP contribution in [0.15, 0.2) is 48.5 Å². The van der Waals surface area contributed by atoms with Gasteiger partial charge >= 0.3 is 0 Å². The van der Waals surface area contributed by atoms with Gasteiger partial charge in [0.25, 0.3) is 0 Å². The molecule has 0 spiro atoms. The summed E-state index contributed by atoms with van der Waals surface area (Å²) in [6, 6.07) is 15.4. The van der Waals surface area contributed by atoms with Crippen LogP contribution >= 0.6 is 0 Å². The van der Waals surface area contributed by atoms with Gasteiger partial charge in [-0.2, -0.15) is 0 Å². The number of rotatable bonds is 6. The Bertz CT molecular complexity index is 526. The second-order valence-corrected chi connectivity index (χ2v) is 4.28. The highest BCUT2D eigenvalue weighted by Gasteiger charge is 2.05. The molecule has 2 aromatic rings. The number of anilines is 1. The van der Waals surface area contributed by atoms with Gasteiger partial charge < -0.3 is 15.2 Å². The fourth-order valence-electron chi connectivity index (χ4n) is 1.72. The van der Waals surface area contributed by atoms with Gasteiger partial charge in [0.2, 0.25) is 0 Å². The predicted octanol–water partition coefficient (Wildman–Crippen LogP) is 3.64. The quantitative estimate of drug-likeness (QED) is 0.803. The van der Waals surface area contributed by atoms with E-state index < -0.39 is 0 Å². The molecule has 19 heavy (non-hydrogen) atoms. The van der Waals surface area contributed by atoms with E-state index in [-0.39, 0.29) is 0 Å². The molecular formula is C16H19NO2. The average molecular weight is 257 g/mol. The van der Waals surface area contributed by atoms with E-state index in [2.05, 4.69) is 6.92 Å². The van der Waals surface area contributed by atoms with Crippen molar-refractivity contribution in [3.05, 3.63) is 54.1 Å². The van der Waals surface area contributed by atoms with E-state index in [1.54, 1.807) is 0 Å². The first-order chi connectivity index (χ1) is 9.31. The predicted molar refractivity (Wildman–Crippen MR) is 77.4 cm³/mol. The molecule has 0 radical (unpaired) electrons. The summed E-state index contributed by atoms with van der Waals surface area (Å²) >= 11 is 0. The minimum absolute atomic E-state index is 0.444. The van der Waals surface area contributed by atoms with Crippen molar-refractivity contribution in [3.8, 4) is 11.5 Å². The lowest BCUT2D eigenvalue weighted by atomic mass is 10.2. The Morgan fingerprint density at radius 3 is 2.21 bits per heavy atom. The Labute approximate surface area is 114 Å². The van der Waals surface area contributed by atoms with Crippen LogP contribution in [0.5, 0.6) is 11.5 Å². The Balaban J connectivity index is 2.05. The van der Waals surface area contributed by atoms with Gasteiger partial charge in [-0.3, -0.25) is 0 Å². The van der Waals surface area contributed by atoms with E-state index in [0.29, 0.717) is 13.2 Å². The van der Waals surface area contributed by atoms with Crippen LogP contribution in [-0.4, -0.2) is 6.61 Å². The molecule has 0 unspecified atom stereocenters. The van der Waals surface area contributed by atoms with Gasteiger partial charge in [-0.25, -0.2) is 0 Å². The zero-order chi connectivity index (χ0) is 13.5. The maximum Gasteiger partial charge on any atom is 0.161 e. The largest absolute Gasteiger partial charge is 0.490 e. The standard InChI is InChI=1S/C16H19NO2/c1-2-11-18-15-9-5-6-10-16(15)19-12-13-7-3-4-8-14(13)17/h3-10H,2,11-12,17H2,1H3. The van der Waals surface area contributed by atoms with Crippen molar-refractivity contribution in [1.29, 1.82) is 0 Å². The molecule has 3 nitrogen and oxygen atoms in total. The minimum Gasteiger partial charge on any atom is -0.490 e. The summed E-state index contributed by atoms with van der Waals surface area (Å²) in [5.41, 5.74) is 7.62. The Morgan fingerprint density at radius 2 is 1.53 bits per heavy atom. The van der Waals surface area contributed by atoms with Crippen LogP contribution in [0, 0.1) is 0 Å². The molecule has 0 aliphatic heterocycles. The first-order valence-electron chi connectivity index (χ1n) is 6.49. The van der Waals surface area contributed by atoms with Crippen molar-refractivity contribution in [3.63, 3.8) is 0 Å². The molecule has 0 saturated heterocycles. The zero-order valence-electron chi connectivity index (χ0n) is 11.1. The Kier molecular flexibility index (Phi) is 4.67. The highest BCUT2D eigenvalue weighted by Crippen LogP contribution is 2.27. The monoisotopic (exact) mass is 257 g/mol. The van der Waals surface area contributed by atoms with Crippen LogP contribution in [0.25, 0.3) is 0 Å². The van der Waals surface area contributed by atoms with Crippen LogP contribution in [0.3, 0.4) is 0 Å². The van der Waals surface area contributed by atoms with Gasteiger partial charge in [-0.15, -0.1) is 0 Å². The lowest BCUT2D eigenvalue weighted by Crippen LogP contribution is -2.02. The molecule has 0 heterocycles. The lowest BCUT2D eigenvalue weighted by Gasteiger charge is -2.13. The third kappa shape index (κ3) is 3.65. The smallest absolute Gasteiger partial charge is 0.161 e. The molecule has 0 atom stereocenters. The molecule has 0 bridgehead atoms. The summed E-state index contributed by atoms with van der Waals surface area (Å²) in [5, 5.41) is 0. The first-order valence-corrected chi connectivity index (χ1v) is 6.49. The van der Waals surface area contributed by atoms with Crippen molar-refractivity contribution >= 4 is 5.69 Å². The van der Waals surface area contributed by atoms with E-state index >= 15 is 0 Å². The second kappa shape index (κ2) is 6.69. The van der Waals surface area contributed by atoms with Crippen LogP contribution in [0.4, 0.5) is 5.69 Å². The number of hydrogen-bond acceptors (Lipinski definition) is 3. The normalized spacial score (nSPS) is 10.2. The molecule has 0 saturated carbocycles. The summed E-state index contributed by atoms with van der Waals surface area (Å²) < 4.78 is 11.4. The molecule has 2 rings (SSSR count). The summed E-state index contributed by atoms with van der Waals surface area (Å²) in [6.07, 6.45) is 0.972. The molecule has 0 aliphatic rings. The fraction of sp³-hybridized carbons (Fsp3) is 0.250. The minimum atomic E-state index is 0.444. The number of hydrogen-bond donors (Lipinski definition) is 1. The first kappa shape index (κ1) is 13.3. The summed E-state index contributed by atoms with van der Waals surface area (Å²) in [4.78, 5) is 0. The van der Waals surface area contributed by atoms with Gasteiger partial charge in [-0.1, -0.05) is 37.3 Å². The van der Waals surface area contributed by atoms with Gasteiger partial charge in [0.05, 0.1) is 6.61 Å². The van der Waals surface area contributed by atoms with Gasteiger partial charge in [0.15, 0.2) is 11.5 Å². The van der Waals surface area contributed by atoms with Crippen molar-refractivity contribution in [2.24, 2.45) is 0 Å². The highest BCUT2D eigenvalue weighted by molar-refractivity contribution is 5.46. The van der Waals surface area contributed by atoms with E-state index in [4.69, 9.17) is 15.2 Å². The highest BCUT2D eigenvalue weighted by atomic mass is 16.5. The fourth-order valence-corrected chi connectivity index (χ4v) is 1.72. The van der Waals surface area contributed by atoms with Gasteiger partial charge in [-0.05, 0) is 24.6 Å². The van der Waals surface area contributed by atoms with Gasteiger partial charge in [0, 0.05) is 11.3 Å². The maximum atomic E-state index is 5.89. The van der Waals surface area contributed by atoms with E-state index in [1.165, 1.54) is 0 Å². The number of benzene rings is 2. The van der Waals surface area contributed by atoms with Crippen LogP contribution in [0.1, 0.15) is 18.9 Å². The zero-order valence-corrected chi connectivity index (χ0v) is 11.1. The molecule has 3 heteroatoms. The summed E-state index contributed by atoms with van der Waals surface area (Å²) in [5.74, 6) is 1.53. The van der Waals surface area contributed by atoms with Crippen molar-refractivity contribution in [2.45, 2.75) is 20.0 Å². The average Bonchev–Trinajstić information content (AvgIpc) is 2.45. The van der Waals surface area contributed by atoms with Crippen LogP contribution in [0.2, 0.25) is 0 Å². The Hall–Kier alpha value is -2.16. The molecule has 100 valence electrons. The van der Waals surface area contributed by atoms with Crippen LogP contribution in [-0.2, 0) is 6.61 Å². The number of para-hydroxylation sites is 3. The third-order valence-electron chi connectivity index (χ3n) is 2.75. The molecule has 0 aromatic heterocycles.